The van der Waals surface area contributed by atoms with Gasteiger partial charge in [0.15, 0.2) is 0 Å². The van der Waals surface area contributed by atoms with Crippen LogP contribution in [0.3, 0.4) is 0 Å². The number of halogens is 3. The summed E-state index contributed by atoms with van der Waals surface area (Å²) in [5, 5.41) is 7.31. The molecule has 1 N–H and O–H groups in total. The Bertz CT molecular complexity index is 336. The minimum absolute atomic E-state index is 0.0969. The van der Waals surface area contributed by atoms with Gasteiger partial charge in [0.1, 0.15) is 0 Å². The lowest BCUT2D eigenvalue weighted by Gasteiger charge is -2.27. The van der Waals surface area contributed by atoms with E-state index in [1.54, 1.807) is 25.2 Å². The fraction of sp³-hybridized carbons (Fsp3) is 0.692. The molecule has 0 saturated heterocycles. The minimum Gasteiger partial charge on any atom is -0.315 e. The Labute approximate surface area is 116 Å². The van der Waals surface area contributed by atoms with Crippen LogP contribution in [-0.2, 0) is 6.42 Å². The molecule has 0 fully saturated rings. The molecular weight excluding hydrogens is 273 g/mol. The maximum atomic E-state index is 12.4. The highest BCUT2D eigenvalue weighted by Crippen LogP contribution is 2.17. The average Bonchev–Trinajstić information content (AvgIpc) is 2.78. The van der Waals surface area contributed by atoms with Crippen molar-refractivity contribution < 1.29 is 13.2 Å². The van der Waals surface area contributed by atoms with Gasteiger partial charge < -0.3 is 5.32 Å². The molecule has 0 aliphatic carbocycles. The summed E-state index contributed by atoms with van der Waals surface area (Å²) < 4.78 is 37.1. The van der Waals surface area contributed by atoms with Crippen LogP contribution in [0, 0.1) is 0 Å². The zero-order chi connectivity index (χ0) is 14.3. The summed E-state index contributed by atoms with van der Waals surface area (Å²) in [4.78, 5) is 1.44. The largest absolute Gasteiger partial charge is 0.401 e. The van der Waals surface area contributed by atoms with Gasteiger partial charge in [-0.15, -0.1) is 0 Å². The number of hydrogen-bond acceptors (Lipinski definition) is 3. The van der Waals surface area contributed by atoms with Crippen molar-refractivity contribution >= 4 is 11.3 Å². The molecule has 1 aromatic heterocycles. The predicted molar refractivity (Wildman–Crippen MR) is 73.7 cm³/mol. The Balaban J connectivity index is 2.17. The molecule has 1 rings (SSSR count). The summed E-state index contributed by atoms with van der Waals surface area (Å²) in [5.41, 5.74) is 1.27. The first-order valence-corrected chi connectivity index (χ1v) is 7.35. The first kappa shape index (κ1) is 16.5. The number of alkyl halides is 3. The minimum atomic E-state index is -4.12. The summed E-state index contributed by atoms with van der Waals surface area (Å²) in [6.45, 7) is 4.54. The summed E-state index contributed by atoms with van der Waals surface area (Å²) in [7, 11) is 0. The van der Waals surface area contributed by atoms with Crippen molar-refractivity contribution in [2.75, 3.05) is 26.2 Å². The normalized spacial score (nSPS) is 12.6. The van der Waals surface area contributed by atoms with Crippen LogP contribution in [0.4, 0.5) is 13.2 Å². The highest BCUT2D eigenvalue weighted by atomic mass is 32.1. The molecule has 0 amide bonds. The van der Waals surface area contributed by atoms with Gasteiger partial charge in [0, 0.05) is 19.1 Å². The topological polar surface area (TPSA) is 15.3 Å². The first-order valence-electron chi connectivity index (χ1n) is 6.41. The van der Waals surface area contributed by atoms with Gasteiger partial charge in [-0.2, -0.15) is 24.5 Å². The molecule has 110 valence electrons. The van der Waals surface area contributed by atoms with Crippen molar-refractivity contribution in [2.45, 2.75) is 32.5 Å². The lowest BCUT2D eigenvalue weighted by molar-refractivity contribution is -0.149. The van der Waals surface area contributed by atoms with Crippen LogP contribution in [0.5, 0.6) is 0 Å². The van der Waals surface area contributed by atoms with Crippen molar-refractivity contribution in [3.63, 3.8) is 0 Å². The zero-order valence-corrected chi connectivity index (χ0v) is 12.2. The smallest absolute Gasteiger partial charge is 0.315 e. The van der Waals surface area contributed by atoms with Gasteiger partial charge in [-0.25, -0.2) is 0 Å². The fourth-order valence-corrected chi connectivity index (χ4v) is 2.47. The summed E-state index contributed by atoms with van der Waals surface area (Å²) in [5.74, 6) is 0. The van der Waals surface area contributed by atoms with Crippen molar-refractivity contribution in [2.24, 2.45) is 0 Å². The molecule has 0 aliphatic rings. The third kappa shape index (κ3) is 7.54. The van der Waals surface area contributed by atoms with Crippen molar-refractivity contribution in [3.05, 3.63) is 22.4 Å². The van der Waals surface area contributed by atoms with Gasteiger partial charge in [-0.1, -0.05) is 0 Å². The number of hydrogen-bond donors (Lipinski definition) is 1. The van der Waals surface area contributed by atoms with Crippen LogP contribution < -0.4 is 5.32 Å². The van der Waals surface area contributed by atoms with Gasteiger partial charge in [-0.3, -0.25) is 4.90 Å². The van der Waals surface area contributed by atoms with Gasteiger partial charge >= 0.3 is 6.18 Å². The van der Waals surface area contributed by atoms with Gasteiger partial charge in [0.2, 0.25) is 0 Å². The van der Waals surface area contributed by atoms with Crippen LogP contribution in [0.2, 0.25) is 0 Å². The number of nitrogens with one attached hydrogen (secondary N) is 1. The third-order valence-corrected chi connectivity index (χ3v) is 3.59. The maximum absolute atomic E-state index is 12.4. The Morgan fingerprint density at radius 1 is 1.32 bits per heavy atom. The molecule has 0 radical (unpaired) electrons. The monoisotopic (exact) mass is 294 g/mol. The molecule has 19 heavy (non-hydrogen) atoms. The highest BCUT2D eigenvalue weighted by Gasteiger charge is 2.31. The maximum Gasteiger partial charge on any atom is 0.401 e. The first-order chi connectivity index (χ1) is 8.88. The standard InChI is InChI=1S/C13H21F3N2S/c1-11(2)18(10-13(14,15)16)7-6-17-5-3-12-4-8-19-9-12/h4,8-9,11,17H,3,5-7,10H2,1-2H3. The molecule has 1 aromatic rings. The quantitative estimate of drug-likeness (QED) is 0.741. The summed E-state index contributed by atoms with van der Waals surface area (Å²) >= 11 is 1.66. The molecule has 0 unspecified atom stereocenters. The molecule has 0 bridgehead atoms. The molecule has 1 heterocycles. The second kappa shape index (κ2) is 7.87. The number of nitrogens with zero attached hydrogens (tertiary/aromatic N) is 1. The zero-order valence-electron chi connectivity index (χ0n) is 11.3. The van der Waals surface area contributed by atoms with Crippen molar-refractivity contribution in [3.8, 4) is 0 Å². The number of thiophene rings is 1. The van der Waals surface area contributed by atoms with E-state index in [1.165, 1.54) is 10.5 Å². The van der Waals surface area contributed by atoms with Crippen LogP contribution in [0.1, 0.15) is 19.4 Å². The Morgan fingerprint density at radius 3 is 2.58 bits per heavy atom. The van der Waals surface area contributed by atoms with E-state index in [0.29, 0.717) is 13.1 Å². The van der Waals surface area contributed by atoms with E-state index >= 15 is 0 Å². The molecule has 0 aliphatic heterocycles. The molecule has 0 atom stereocenters. The van der Waals surface area contributed by atoms with E-state index in [4.69, 9.17) is 0 Å². The van der Waals surface area contributed by atoms with Crippen LogP contribution in [0.15, 0.2) is 16.8 Å². The van der Waals surface area contributed by atoms with Gasteiger partial charge in [0.25, 0.3) is 0 Å². The van der Waals surface area contributed by atoms with E-state index in [-0.39, 0.29) is 6.04 Å². The van der Waals surface area contributed by atoms with E-state index in [0.717, 1.165) is 13.0 Å². The fourth-order valence-electron chi connectivity index (χ4n) is 1.77. The molecule has 6 heteroatoms. The molecule has 0 aromatic carbocycles. The van der Waals surface area contributed by atoms with Crippen LogP contribution in [0.25, 0.3) is 0 Å². The SMILES string of the molecule is CC(C)N(CCNCCc1ccsc1)CC(F)(F)F. The van der Waals surface area contributed by atoms with E-state index in [1.807, 2.05) is 5.38 Å². The van der Waals surface area contributed by atoms with E-state index in [9.17, 15) is 13.2 Å². The number of rotatable bonds is 8. The Hall–Kier alpha value is -0.590. The van der Waals surface area contributed by atoms with Crippen molar-refractivity contribution in [1.29, 1.82) is 0 Å². The van der Waals surface area contributed by atoms with Gasteiger partial charge in [0.05, 0.1) is 6.54 Å². The summed E-state index contributed by atoms with van der Waals surface area (Å²) in [6.07, 6.45) is -3.20. The van der Waals surface area contributed by atoms with Crippen LogP contribution >= 0.6 is 11.3 Å². The highest BCUT2D eigenvalue weighted by molar-refractivity contribution is 7.07. The Morgan fingerprint density at radius 2 is 2.05 bits per heavy atom. The lowest BCUT2D eigenvalue weighted by Crippen LogP contribution is -2.42. The second-order valence-electron chi connectivity index (χ2n) is 4.81. The molecule has 2 nitrogen and oxygen atoms in total. The van der Waals surface area contributed by atoms with Crippen LogP contribution in [-0.4, -0.2) is 43.3 Å². The third-order valence-electron chi connectivity index (χ3n) is 2.86. The molecular formula is C13H21F3N2S. The van der Waals surface area contributed by atoms with Crippen molar-refractivity contribution in [1.82, 2.24) is 10.2 Å². The average molecular weight is 294 g/mol. The predicted octanol–water partition coefficient (Wildman–Crippen LogP) is 3.15. The van der Waals surface area contributed by atoms with Gasteiger partial charge in [-0.05, 0) is 49.2 Å². The Kier molecular flexibility index (Phi) is 6.82. The summed E-state index contributed by atoms with van der Waals surface area (Å²) in [6, 6.07) is 1.97. The van der Waals surface area contributed by atoms with E-state index in [2.05, 4.69) is 16.8 Å². The second-order valence-corrected chi connectivity index (χ2v) is 5.59. The lowest BCUT2D eigenvalue weighted by atomic mass is 10.2. The van der Waals surface area contributed by atoms with E-state index < -0.39 is 12.7 Å². The molecule has 0 saturated carbocycles. The molecule has 0 spiro atoms.